The number of rotatable bonds is 4. The molecule has 0 heterocycles. The van der Waals surface area contributed by atoms with Crippen molar-refractivity contribution in [3.8, 4) is 0 Å². The third-order valence-electron chi connectivity index (χ3n) is 5.13. The first kappa shape index (κ1) is 14.8. The number of ether oxygens (including phenoxy) is 1. The molecule has 2 fully saturated rings. The lowest BCUT2D eigenvalue weighted by Crippen LogP contribution is -2.62. The summed E-state index contributed by atoms with van der Waals surface area (Å²) in [6.07, 6.45) is 4.03. The van der Waals surface area contributed by atoms with Crippen LogP contribution in [0.2, 0.25) is 0 Å². The Morgan fingerprint density at radius 3 is 2.53 bits per heavy atom. The molecular weight excluding hydrogens is 240 g/mol. The Kier molecular flexibility index (Phi) is 4.21. The predicted octanol–water partition coefficient (Wildman–Crippen LogP) is 1.78. The smallest absolute Gasteiger partial charge is 0.225 e. The fourth-order valence-electron chi connectivity index (χ4n) is 3.69. The van der Waals surface area contributed by atoms with E-state index >= 15 is 0 Å². The molecule has 2 aliphatic carbocycles. The summed E-state index contributed by atoms with van der Waals surface area (Å²) in [5, 5.41) is 0. The molecule has 0 aromatic carbocycles. The van der Waals surface area contributed by atoms with Gasteiger partial charge in [-0.15, -0.1) is 0 Å². The second-order valence-corrected chi connectivity index (χ2v) is 6.74. The molecule has 4 atom stereocenters. The van der Waals surface area contributed by atoms with Crippen LogP contribution < -0.4 is 5.73 Å². The lowest BCUT2D eigenvalue weighted by Gasteiger charge is -2.55. The summed E-state index contributed by atoms with van der Waals surface area (Å²) in [4.78, 5) is 14.5. The molecule has 0 aromatic rings. The molecule has 1 amide bonds. The van der Waals surface area contributed by atoms with E-state index in [4.69, 9.17) is 10.5 Å². The van der Waals surface area contributed by atoms with E-state index < -0.39 is 0 Å². The highest BCUT2D eigenvalue weighted by Crippen LogP contribution is 2.46. The van der Waals surface area contributed by atoms with Crippen molar-refractivity contribution < 1.29 is 9.53 Å². The Labute approximate surface area is 116 Å². The molecule has 0 unspecified atom stereocenters. The number of nitrogens with zero attached hydrogens (tertiary/aromatic N) is 1. The molecule has 2 rings (SSSR count). The van der Waals surface area contributed by atoms with E-state index in [1.165, 1.54) is 0 Å². The quantitative estimate of drug-likeness (QED) is 0.845. The van der Waals surface area contributed by atoms with Gasteiger partial charge in [-0.25, -0.2) is 0 Å². The van der Waals surface area contributed by atoms with Crippen LogP contribution in [0.25, 0.3) is 0 Å². The summed E-state index contributed by atoms with van der Waals surface area (Å²) < 4.78 is 5.74. The standard InChI is InChI=1S/C15H28N2O2/c1-5-19-13-9-12(15(13,2)3)17(4)14(18)10-6-7-11(16)8-10/h10-13H,5-9,16H2,1-4H3/t10-,11-,12+,13-/m1/s1. The molecule has 0 bridgehead atoms. The fourth-order valence-corrected chi connectivity index (χ4v) is 3.69. The van der Waals surface area contributed by atoms with Crippen LogP contribution in [-0.2, 0) is 9.53 Å². The molecular formula is C15H28N2O2. The molecule has 19 heavy (non-hydrogen) atoms. The minimum atomic E-state index is 0.0567. The van der Waals surface area contributed by atoms with Crippen molar-refractivity contribution in [1.82, 2.24) is 4.90 Å². The zero-order chi connectivity index (χ0) is 14.2. The van der Waals surface area contributed by atoms with Crippen LogP contribution in [0.4, 0.5) is 0 Å². The lowest BCUT2D eigenvalue weighted by molar-refractivity contribution is -0.166. The van der Waals surface area contributed by atoms with Gasteiger partial charge in [-0.3, -0.25) is 4.79 Å². The van der Waals surface area contributed by atoms with Crippen molar-refractivity contribution in [2.24, 2.45) is 17.1 Å². The maximum atomic E-state index is 12.5. The van der Waals surface area contributed by atoms with Crippen molar-refractivity contribution in [1.29, 1.82) is 0 Å². The minimum absolute atomic E-state index is 0.0567. The van der Waals surface area contributed by atoms with E-state index in [0.717, 1.165) is 32.3 Å². The van der Waals surface area contributed by atoms with E-state index in [-0.39, 0.29) is 29.4 Å². The van der Waals surface area contributed by atoms with E-state index in [2.05, 4.69) is 13.8 Å². The van der Waals surface area contributed by atoms with Gasteiger partial charge in [0.1, 0.15) is 0 Å². The first-order valence-electron chi connectivity index (χ1n) is 7.51. The van der Waals surface area contributed by atoms with Gasteiger partial charge in [0.15, 0.2) is 0 Å². The summed E-state index contributed by atoms with van der Waals surface area (Å²) >= 11 is 0. The molecule has 0 aliphatic heterocycles. The Bertz CT molecular complexity index is 343. The number of carbonyl (C=O) groups excluding carboxylic acids is 1. The van der Waals surface area contributed by atoms with Crippen LogP contribution in [0, 0.1) is 11.3 Å². The fraction of sp³-hybridized carbons (Fsp3) is 0.933. The van der Waals surface area contributed by atoms with Gasteiger partial charge < -0.3 is 15.4 Å². The third-order valence-corrected chi connectivity index (χ3v) is 5.13. The molecule has 2 aliphatic rings. The summed E-state index contributed by atoms with van der Waals surface area (Å²) in [7, 11) is 1.95. The molecule has 4 nitrogen and oxygen atoms in total. The van der Waals surface area contributed by atoms with Gasteiger partial charge >= 0.3 is 0 Å². The van der Waals surface area contributed by atoms with Gasteiger partial charge in [0.05, 0.1) is 6.10 Å². The zero-order valence-electron chi connectivity index (χ0n) is 12.7. The second-order valence-electron chi connectivity index (χ2n) is 6.74. The van der Waals surface area contributed by atoms with Crippen LogP contribution in [-0.4, -0.2) is 42.6 Å². The Balaban J connectivity index is 1.94. The highest BCUT2D eigenvalue weighted by Gasteiger charge is 2.52. The van der Waals surface area contributed by atoms with Crippen LogP contribution in [0.15, 0.2) is 0 Å². The molecule has 2 saturated carbocycles. The van der Waals surface area contributed by atoms with Gasteiger partial charge in [-0.05, 0) is 32.6 Å². The number of carbonyl (C=O) groups is 1. The van der Waals surface area contributed by atoms with Gasteiger partial charge in [0.2, 0.25) is 5.91 Å². The van der Waals surface area contributed by atoms with Crippen molar-refractivity contribution in [3.63, 3.8) is 0 Å². The predicted molar refractivity (Wildman–Crippen MR) is 75.7 cm³/mol. The Hall–Kier alpha value is -0.610. The van der Waals surface area contributed by atoms with Gasteiger partial charge in [-0.2, -0.15) is 0 Å². The SMILES string of the molecule is CCO[C@@H]1C[C@H](N(C)C(=O)[C@@H]2CC[C@@H](N)C2)C1(C)C. The number of amides is 1. The molecule has 0 saturated heterocycles. The third kappa shape index (κ3) is 2.65. The summed E-state index contributed by atoms with van der Waals surface area (Å²) in [6.45, 7) is 7.17. The highest BCUT2D eigenvalue weighted by molar-refractivity contribution is 5.79. The normalized spacial score (nSPS) is 36.9. The first-order valence-corrected chi connectivity index (χ1v) is 7.51. The zero-order valence-corrected chi connectivity index (χ0v) is 12.7. The van der Waals surface area contributed by atoms with Crippen LogP contribution in [0.1, 0.15) is 46.5 Å². The maximum Gasteiger partial charge on any atom is 0.225 e. The van der Waals surface area contributed by atoms with Crippen molar-refractivity contribution >= 4 is 5.91 Å². The Morgan fingerprint density at radius 2 is 2.05 bits per heavy atom. The Morgan fingerprint density at radius 1 is 1.37 bits per heavy atom. The first-order chi connectivity index (χ1) is 8.87. The van der Waals surface area contributed by atoms with Crippen LogP contribution in [0.5, 0.6) is 0 Å². The topological polar surface area (TPSA) is 55.6 Å². The van der Waals surface area contributed by atoms with Crippen molar-refractivity contribution in [3.05, 3.63) is 0 Å². The van der Waals surface area contributed by atoms with Gasteiger partial charge in [-0.1, -0.05) is 13.8 Å². The van der Waals surface area contributed by atoms with Crippen molar-refractivity contribution in [2.45, 2.75) is 64.6 Å². The largest absolute Gasteiger partial charge is 0.378 e. The average molecular weight is 268 g/mol. The van der Waals surface area contributed by atoms with Gasteiger partial charge in [0.25, 0.3) is 0 Å². The second kappa shape index (κ2) is 5.41. The number of hydrogen-bond donors (Lipinski definition) is 1. The number of nitrogens with two attached hydrogens (primary N) is 1. The molecule has 0 spiro atoms. The minimum Gasteiger partial charge on any atom is -0.378 e. The van der Waals surface area contributed by atoms with E-state index in [0.29, 0.717) is 6.04 Å². The lowest BCUT2D eigenvalue weighted by atomic mass is 9.63. The van der Waals surface area contributed by atoms with Gasteiger partial charge in [0, 0.05) is 37.1 Å². The summed E-state index contributed by atoms with van der Waals surface area (Å²) in [5.41, 5.74) is 5.97. The molecule has 0 aromatic heterocycles. The van der Waals surface area contributed by atoms with E-state index in [9.17, 15) is 4.79 Å². The number of hydrogen-bond acceptors (Lipinski definition) is 3. The summed E-state index contributed by atoms with van der Waals surface area (Å²) in [6, 6.07) is 0.515. The average Bonchev–Trinajstić information content (AvgIpc) is 2.79. The van der Waals surface area contributed by atoms with E-state index in [1.807, 2.05) is 18.9 Å². The molecule has 4 heteroatoms. The molecule has 0 radical (unpaired) electrons. The highest BCUT2D eigenvalue weighted by atomic mass is 16.5. The van der Waals surface area contributed by atoms with Crippen molar-refractivity contribution in [2.75, 3.05) is 13.7 Å². The molecule has 2 N–H and O–H groups in total. The summed E-state index contributed by atoms with van der Waals surface area (Å²) in [5.74, 6) is 0.419. The van der Waals surface area contributed by atoms with E-state index in [1.54, 1.807) is 0 Å². The van der Waals surface area contributed by atoms with Crippen LogP contribution in [0.3, 0.4) is 0 Å². The monoisotopic (exact) mass is 268 g/mol. The van der Waals surface area contributed by atoms with Crippen LogP contribution >= 0.6 is 0 Å². The maximum absolute atomic E-state index is 12.5. The molecule has 110 valence electrons.